The Labute approximate surface area is 119 Å². The molecule has 0 spiro atoms. The highest BCUT2D eigenvalue weighted by Gasteiger charge is 2.17. The first kappa shape index (κ1) is 14.5. The van der Waals surface area contributed by atoms with Gasteiger partial charge in [0, 0.05) is 30.4 Å². The second-order valence-corrected chi connectivity index (χ2v) is 4.62. The molecular formula is C15H21N3O2. The number of methoxy groups -OCH3 is 1. The van der Waals surface area contributed by atoms with Crippen molar-refractivity contribution in [3.8, 4) is 5.88 Å². The topological polar surface area (TPSA) is 60.2 Å². The molecule has 0 aliphatic carbocycles. The predicted molar refractivity (Wildman–Crippen MR) is 76.7 cm³/mol. The average Bonchev–Trinajstić information content (AvgIpc) is 2.89. The van der Waals surface area contributed by atoms with Crippen LogP contribution in [0, 0.1) is 0 Å². The highest BCUT2D eigenvalue weighted by atomic mass is 16.5. The molecule has 0 fully saturated rings. The summed E-state index contributed by atoms with van der Waals surface area (Å²) in [5.74, 6) is 0.471. The van der Waals surface area contributed by atoms with Crippen LogP contribution in [0.4, 0.5) is 0 Å². The molecule has 0 aliphatic heterocycles. The molecule has 2 aromatic rings. The summed E-state index contributed by atoms with van der Waals surface area (Å²) in [6.45, 7) is 4.92. The molecule has 2 heterocycles. The van der Waals surface area contributed by atoms with Crippen molar-refractivity contribution in [3.63, 3.8) is 0 Å². The van der Waals surface area contributed by atoms with Gasteiger partial charge in [0.05, 0.1) is 18.9 Å². The van der Waals surface area contributed by atoms with Gasteiger partial charge in [-0.1, -0.05) is 6.92 Å². The molecule has 1 N–H and O–H groups in total. The van der Waals surface area contributed by atoms with Crippen LogP contribution in [0.15, 0.2) is 24.4 Å². The zero-order valence-corrected chi connectivity index (χ0v) is 12.2. The summed E-state index contributed by atoms with van der Waals surface area (Å²) in [4.78, 5) is 4.12. The number of aliphatic hydroxyl groups excluding tert-OH is 1. The highest BCUT2D eigenvalue weighted by Crippen LogP contribution is 2.25. The summed E-state index contributed by atoms with van der Waals surface area (Å²) < 4.78 is 7.13. The van der Waals surface area contributed by atoms with Crippen molar-refractivity contribution < 1.29 is 9.84 Å². The van der Waals surface area contributed by atoms with Gasteiger partial charge in [0.1, 0.15) is 0 Å². The molecule has 0 saturated heterocycles. The minimum atomic E-state index is -0.648. The molecule has 108 valence electrons. The van der Waals surface area contributed by atoms with Crippen LogP contribution in [0.5, 0.6) is 5.88 Å². The summed E-state index contributed by atoms with van der Waals surface area (Å²) in [5, 5.41) is 14.9. The van der Waals surface area contributed by atoms with Gasteiger partial charge in [-0.25, -0.2) is 4.98 Å². The van der Waals surface area contributed by atoms with Crippen molar-refractivity contribution in [3.05, 3.63) is 41.3 Å². The van der Waals surface area contributed by atoms with Crippen molar-refractivity contribution in [2.45, 2.75) is 39.3 Å². The fourth-order valence-corrected chi connectivity index (χ4v) is 2.26. The number of hydrogen-bond acceptors (Lipinski definition) is 4. The molecule has 5 heteroatoms. The zero-order chi connectivity index (χ0) is 14.5. The summed E-state index contributed by atoms with van der Waals surface area (Å²) >= 11 is 0. The van der Waals surface area contributed by atoms with E-state index in [2.05, 4.69) is 23.1 Å². The number of rotatable bonds is 6. The van der Waals surface area contributed by atoms with E-state index in [1.165, 1.54) is 0 Å². The molecule has 5 nitrogen and oxygen atoms in total. The van der Waals surface area contributed by atoms with Gasteiger partial charge < -0.3 is 9.84 Å². The first-order valence-corrected chi connectivity index (χ1v) is 6.92. The number of pyridine rings is 1. The molecule has 1 unspecified atom stereocenters. The summed E-state index contributed by atoms with van der Waals surface area (Å²) in [6.07, 6.45) is 2.40. The van der Waals surface area contributed by atoms with E-state index >= 15 is 0 Å². The lowest BCUT2D eigenvalue weighted by atomic mass is 10.1. The maximum Gasteiger partial charge on any atom is 0.218 e. The molecule has 0 aromatic carbocycles. The minimum absolute atomic E-state index is 0.471. The first-order valence-electron chi connectivity index (χ1n) is 6.92. The van der Waals surface area contributed by atoms with Gasteiger partial charge in [0.15, 0.2) is 0 Å². The van der Waals surface area contributed by atoms with Crippen molar-refractivity contribution in [2.24, 2.45) is 0 Å². The van der Waals surface area contributed by atoms with Gasteiger partial charge in [0.2, 0.25) is 5.88 Å². The fraction of sp³-hybridized carbons (Fsp3) is 0.467. The van der Waals surface area contributed by atoms with Gasteiger partial charge in [-0.15, -0.1) is 0 Å². The first-order chi connectivity index (χ1) is 9.69. The number of ether oxygens (including phenoxy) is 1. The molecule has 0 saturated carbocycles. The Morgan fingerprint density at radius 3 is 2.85 bits per heavy atom. The van der Waals surface area contributed by atoms with Gasteiger partial charge in [-0.2, -0.15) is 5.10 Å². The van der Waals surface area contributed by atoms with Gasteiger partial charge >= 0.3 is 0 Å². The molecule has 0 amide bonds. The van der Waals surface area contributed by atoms with Crippen LogP contribution in [0.2, 0.25) is 0 Å². The Balaban J connectivity index is 2.22. The molecule has 2 rings (SSSR count). The largest absolute Gasteiger partial charge is 0.481 e. The SMILES string of the molecule is CCc1cc(CC(O)c2cccnc2OC)n(CC)n1. The van der Waals surface area contributed by atoms with Crippen LogP contribution in [0.3, 0.4) is 0 Å². The van der Waals surface area contributed by atoms with E-state index in [-0.39, 0.29) is 0 Å². The highest BCUT2D eigenvalue weighted by molar-refractivity contribution is 5.29. The van der Waals surface area contributed by atoms with Gasteiger partial charge in [-0.05, 0) is 31.5 Å². The lowest BCUT2D eigenvalue weighted by Crippen LogP contribution is -2.09. The molecule has 1 atom stereocenters. The number of nitrogens with zero attached hydrogens (tertiary/aromatic N) is 3. The summed E-state index contributed by atoms with van der Waals surface area (Å²) in [5.41, 5.74) is 2.78. The smallest absolute Gasteiger partial charge is 0.218 e. The number of aromatic nitrogens is 3. The van der Waals surface area contributed by atoms with Crippen LogP contribution in [0.25, 0.3) is 0 Å². The van der Waals surface area contributed by atoms with E-state index in [1.807, 2.05) is 17.7 Å². The Morgan fingerprint density at radius 1 is 1.40 bits per heavy atom. The Bertz CT molecular complexity index is 566. The summed E-state index contributed by atoms with van der Waals surface area (Å²) in [7, 11) is 1.56. The van der Waals surface area contributed by atoms with E-state index in [0.717, 1.165) is 24.4 Å². The molecule has 2 aromatic heterocycles. The average molecular weight is 275 g/mol. The van der Waals surface area contributed by atoms with Crippen LogP contribution >= 0.6 is 0 Å². The number of aryl methyl sites for hydroxylation is 2. The van der Waals surface area contributed by atoms with Crippen molar-refractivity contribution in [2.75, 3.05) is 7.11 Å². The third-order valence-electron chi connectivity index (χ3n) is 3.33. The molecule has 20 heavy (non-hydrogen) atoms. The second-order valence-electron chi connectivity index (χ2n) is 4.62. The van der Waals surface area contributed by atoms with Crippen molar-refractivity contribution >= 4 is 0 Å². The Hall–Kier alpha value is -1.88. The number of aliphatic hydroxyl groups is 1. The van der Waals surface area contributed by atoms with E-state index in [0.29, 0.717) is 17.9 Å². The van der Waals surface area contributed by atoms with Crippen molar-refractivity contribution in [1.82, 2.24) is 14.8 Å². The van der Waals surface area contributed by atoms with Crippen molar-refractivity contribution in [1.29, 1.82) is 0 Å². The Kier molecular flexibility index (Phi) is 4.74. The maximum atomic E-state index is 10.4. The second kappa shape index (κ2) is 6.52. The molecular weight excluding hydrogens is 254 g/mol. The lowest BCUT2D eigenvalue weighted by Gasteiger charge is -2.14. The monoisotopic (exact) mass is 275 g/mol. The molecule has 0 radical (unpaired) electrons. The van der Waals surface area contributed by atoms with Gasteiger partial charge in [0.25, 0.3) is 0 Å². The van der Waals surface area contributed by atoms with Gasteiger partial charge in [-0.3, -0.25) is 4.68 Å². The maximum absolute atomic E-state index is 10.4. The predicted octanol–water partition coefficient (Wildman–Crippen LogP) is 2.15. The third-order valence-corrected chi connectivity index (χ3v) is 3.33. The quantitative estimate of drug-likeness (QED) is 0.877. The summed E-state index contributed by atoms with van der Waals surface area (Å²) in [6, 6.07) is 5.69. The third kappa shape index (κ3) is 2.99. The molecule has 0 aliphatic rings. The lowest BCUT2D eigenvalue weighted by molar-refractivity contribution is 0.170. The fourth-order valence-electron chi connectivity index (χ4n) is 2.26. The van der Waals surface area contributed by atoms with E-state index in [4.69, 9.17) is 4.74 Å². The minimum Gasteiger partial charge on any atom is -0.481 e. The van der Waals surface area contributed by atoms with Crippen LogP contribution in [0.1, 0.15) is 36.9 Å². The van der Waals surface area contributed by atoms with Crippen LogP contribution in [-0.2, 0) is 19.4 Å². The standard InChI is InChI=1S/C15H21N3O2/c1-4-11-9-12(18(5-2)17-11)10-14(19)13-7-6-8-16-15(13)20-3/h6-9,14,19H,4-5,10H2,1-3H3. The molecule has 0 bridgehead atoms. The van der Waals surface area contributed by atoms with Crippen LogP contribution in [-0.4, -0.2) is 27.0 Å². The normalized spacial score (nSPS) is 12.4. The van der Waals surface area contributed by atoms with Crippen LogP contribution < -0.4 is 4.74 Å². The zero-order valence-electron chi connectivity index (χ0n) is 12.2. The Morgan fingerprint density at radius 2 is 2.20 bits per heavy atom. The van der Waals surface area contributed by atoms with E-state index < -0.39 is 6.10 Å². The van der Waals surface area contributed by atoms with E-state index in [1.54, 1.807) is 19.4 Å². The van der Waals surface area contributed by atoms with E-state index in [9.17, 15) is 5.11 Å². The number of hydrogen-bond donors (Lipinski definition) is 1.